The quantitative estimate of drug-likeness (QED) is 0.822. The number of hydrogen-bond donors (Lipinski definition) is 1. The number of ketones is 1. The van der Waals surface area contributed by atoms with E-state index >= 15 is 0 Å². The molecule has 0 saturated carbocycles. The Morgan fingerprint density at radius 3 is 2.41 bits per heavy atom. The summed E-state index contributed by atoms with van der Waals surface area (Å²) in [5.41, 5.74) is 6.52. The van der Waals surface area contributed by atoms with E-state index in [1.54, 1.807) is 13.0 Å². The lowest BCUT2D eigenvalue weighted by molar-refractivity contribution is 0.0982. The zero-order valence-corrected chi connectivity index (χ0v) is 10.9. The minimum atomic E-state index is -0.107. The minimum absolute atomic E-state index is 0.107. The summed E-state index contributed by atoms with van der Waals surface area (Å²) in [5.74, 6) is 0.790. The summed E-state index contributed by atoms with van der Waals surface area (Å²) in [4.78, 5) is 11.9. The molecule has 17 heavy (non-hydrogen) atoms. The Hall–Kier alpha value is -1.26. The number of halogens is 1. The predicted molar refractivity (Wildman–Crippen MR) is 67.3 cm³/mol. The van der Waals surface area contributed by atoms with E-state index in [1.807, 2.05) is 0 Å². The monoisotopic (exact) mass is 257 g/mol. The third-order valence-corrected chi connectivity index (χ3v) is 2.89. The van der Waals surface area contributed by atoms with Gasteiger partial charge in [-0.05, 0) is 19.5 Å². The molecule has 0 heterocycles. The lowest BCUT2D eigenvalue weighted by Gasteiger charge is -2.15. The normalized spacial score (nSPS) is 10.2. The molecule has 0 aliphatic carbocycles. The molecule has 0 saturated heterocycles. The molecule has 1 rings (SSSR count). The molecule has 2 N–H and O–H groups in total. The maximum atomic E-state index is 11.9. The second-order valence-corrected chi connectivity index (χ2v) is 3.97. The highest BCUT2D eigenvalue weighted by Crippen LogP contribution is 2.39. The predicted octanol–water partition coefficient (Wildman–Crippen LogP) is 2.20. The molecule has 0 amide bonds. The smallest absolute Gasteiger partial charge is 0.171 e. The van der Waals surface area contributed by atoms with Crippen LogP contribution in [0.2, 0.25) is 5.02 Å². The summed E-state index contributed by atoms with van der Waals surface area (Å²) in [7, 11) is 3.00. The fraction of sp³-hybridized carbons (Fsp3) is 0.417. The van der Waals surface area contributed by atoms with Gasteiger partial charge >= 0.3 is 0 Å². The lowest BCUT2D eigenvalue weighted by Crippen LogP contribution is -2.10. The van der Waals surface area contributed by atoms with Gasteiger partial charge in [0.1, 0.15) is 0 Å². The van der Waals surface area contributed by atoms with E-state index in [9.17, 15) is 4.79 Å². The van der Waals surface area contributed by atoms with Crippen molar-refractivity contribution < 1.29 is 14.3 Å². The van der Waals surface area contributed by atoms with Gasteiger partial charge in [0.25, 0.3) is 0 Å². The van der Waals surface area contributed by atoms with Crippen LogP contribution in [0.3, 0.4) is 0 Å². The molecule has 0 fully saturated rings. The molecule has 0 unspecified atom stereocenters. The van der Waals surface area contributed by atoms with Crippen molar-refractivity contribution >= 4 is 17.4 Å². The van der Waals surface area contributed by atoms with E-state index in [1.165, 1.54) is 14.2 Å². The summed E-state index contributed by atoms with van der Waals surface area (Å²) >= 11 is 6.05. The zero-order valence-electron chi connectivity index (χ0n) is 10.2. The molecular formula is C12H16ClNO3. The van der Waals surface area contributed by atoms with Gasteiger partial charge in [0.15, 0.2) is 17.3 Å². The minimum Gasteiger partial charge on any atom is -0.493 e. The van der Waals surface area contributed by atoms with Crippen LogP contribution in [0.15, 0.2) is 6.07 Å². The molecule has 0 aliphatic heterocycles. The van der Waals surface area contributed by atoms with Gasteiger partial charge in [-0.2, -0.15) is 0 Å². The zero-order chi connectivity index (χ0) is 13.0. The van der Waals surface area contributed by atoms with Crippen molar-refractivity contribution in [1.82, 2.24) is 0 Å². The number of methoxy groups -OCH3 is 2. The van der Waals surface area contributed by atoms with Gasteiger partial charge in [-0.1, -0.05) is 11.6 Å². The fourth-order valence-electron chi connectivity index (χ4n) is 1.62. The van der Waals surface area contributed by atoms with Crippen LogP contribution in [0, 0.1) is 6.92 Å². The number of hydrogen-bond acceptors (Lipinski definition) is 4. The first-order chi connectivity index (χ1) is 8.06. The van der Waals surface area contributed by atoms with Crippen LogP contribution in [0.5, 0.6) is 11.5 Å². The number of benzene rings is 1. The second-order valence-electron chi connectivity index (χ2n) is 3.56. The summed E-state index contributed by atoms with van der Waals surface area (Å²) in [5, 5.41) is 0.475. The number of ether oxygens (including phenoxy) is 2. The molecule has 0 aromatic heterocycles. The molecule has 4 nitrogen and oxygen atoms in total. The van der Waals surface area contributed by atoms with E-state index in [4.69, 9.17) is 26.8 Å². The highest BCUT2D eigenvalue weighted by molar-refractivity contribution is 6.32. The molecule has 0 radical (unpaired) electrons. The lowest BCUT2D eigenvalue weighted by atomic mass is 10.0. The van der Waals surface area contributed by atoms with Gasteiger partial charge in [-0.15, -0.1) is 0 Å². The molecule has 0 aliphatic rings. The Morgan fingerprint density at radius 2 is 1.94 bits per heavy atom. The van der Waals surface area contributed by atoms with Gasteiger partial charge in [-0.3, -0.25) is 4.79 Å². The van der Waals surface area contributed by atoms with E-state index in [0.29, 0.717) is 22.1 Å². The maximum absolute atomic E-state index is 11.9. The van der Waals surface area contributed by atoms with Crippen LogP contribution in [-0.4, -0.2) is 26.5 Å². The Kier molecular flexibility index (Phi) is 4.78. The van der Waals surface area contributed by atoms with Crippen molar-refractivity contribution in [2.45, 2.75) is 13.3 Å². The Labute approximate surface area is 106 Å². The van der Waals surface area contributed by atoms with Crippen molar-refractivity contribution in [3.05, 3.63) is 22.2 Å². The highest BCUT2D eigenvalue weighted by atomic mass is 35.5. The summed E-state index contributed by atoms with van der Waals surface area (Å²) in [6.45, 7) is 2.09. The van der Waals surface area contributed by atoms with Crippen LogP contribution in [0.25, 0.3) is 0 Å². The van der Waals surface area contributed by atoms with E-state index in [2.05, 4.69) is 0 Å². The van der Waals surface area contributed by atoms with Crippen LogP contribution < -0.4 is 15.2 Å². The molecule has 94 valence electrons. The SMILES string of the molecule is COc1c(C(=O)CCN)cc(Cl)c(C)c1OC. The van der Waals surface area contributed by atoms with Crippen LogP contribution in [0.1, 0.15) is 22.3 Å². The van der Waals surface area contributed by atoms with E-state index in [0.717, 1.165) is 5.56 Å². The summed E-state index contributed by atoms with van der Waals surface area (Å²) in [6, 6.07) is 1.59. The molecule has 1 aromatic carbocycles. The first-order valence-corrected chi connectivity index (χ1v) is 5.58. The number of nitrogens with two attached hydrogens (primary N) is 1. The van der Waals surface area contributed by atoms with Crippen molar-refractivity contribution in [1.29, 1.82) is 0 Å². The molecule has 0 atom stereocenters. The number of rotatable bonds is 5. The molecule has 1 aromatic rings. The number of carbonyl (C=O) groups is 1. The maximum Gasteiger partial charge on any atom is 0.171 e. The van der Waals surface area contributed by atoms with Crippen molar-refractivity contribution in [3.63, 3.8) is 0 Å². The number of carbonyl (C=O) groups excluding carboxylic acids is 1. The van der Waals surface area contributed by atoms with E-state index in [-0.39, 0.29) is 18.7 Å². The highest BCUT2D eigenvalue weighted by Gasteiger charge is 2.20. The topological polar surface area (TPSA) is 61.5 Å². The van der Waals surface area contributed by atoms with Gasteiger partial charge in [-0.25, -0.2) is 0 Å². The second kappa shape index (κ2) is 5.89. The first kappa shape index (κ1) is 13.8. The van der Waals surface area contributed by atoms with Gasteiger partial charge < -0.3 is 15.2 Å². The van der Waals surface area contributed by atoms with Gasteiger partial charge in [0.05, 0.1) is 19.8 Å². The third kappa shape index (κ3) is 2.70. The number of Topliss-reactive ketones (excluding diaryl/α,β-unsaturated/α-hetero) is 1. The van der Waals surface area contributed by atoms with Crippen molar-refractivity contribution in [2.75, 3.05) is 20.8 Å². The molecule has 5 heteroatoms. The molecular weight excluding hydrogens is 242 g/mol. The average molecular weight is 258 g/mol. The van der Waals surface area contributed by atoms with Gasteiger partial charge in [0, 0.05) is 17.0 Å². The summed E-state index contributed by atoms with van der Waals surface area (Å²) in [6.07, 6.45) is 0.249. The first-order valence-electron chi connectivity index (χ1n) is 5.21. The van der Waals surface area contributed by atoms with Crippen molar-refractivity contribution in [2.24, 2.45) is 5.73 Å². The van der Waals surface area contributed by atoms with Crippen LogP contribution in [0.4, 0.5) is 0 Å². The Bertz CT molecular complexity index is 432. The fourth-order valence-corrected chi connectivity index (χ4v) is 1.82. The Balaban J connectivity index is 3.39. The van der Waals surface area contributed by atoms with Crippen molar-refractivity contribution in [3.8, 4) is 11.5 Å². The summed E-state index contributed by atoms with van der Waals surface area (Å²) < 4.78 is 10.4. The van der Waals surface area contributed by atoms with E-state index < -0.39 is 0 Å². The largest absolute Gasteiger partial charge is 0.493 e. The average Bonchev–Trinajstić information content (AvgIpc) is 2.32. The molecule has 0 spiro atoms. The standard InChI is InChI=1S/C12H16ClNO3/c1-7-9(13)6-8(10(15)4-5-14)12(17-3)11(7)16-2/h6H,4-5,14H2,1-3H3. The Morgan fingerprint density at radius 1 is 1.35 bits per heavy atom. The molecule has 0 bridgehead atoms. The van der Waals surface area contributed by atoms with Gasteiger partial charge in [0.2, 0.25) is 0 Å². The van der Waals surface area contributed by atoms with Crippen LogP contribution in [-0.2, 0) is 0 Å². The van der Waals surface area contributed by atoms with Crippen LogP contribution >= 0.6 is 11.6 Å². The third-order valence-electron chi connectivity index (χ3n) is 2.50.